The molecule has 1 amide bonds. The van der Waals surface area contributed by atoms with Crippen LogP contribution >= 0.6 is 11.3 Å². The molecule has 0 spiro atoms. The molecule has 0 fully saturated rings. The summed E-state index contributed by atoms with van der Waals surface area (Å²) < 4.78 is 9.83. The fourth-order valence-corrected chi connectivity index (χ4v) is 2.52. The molecule has 0 aromatic carbocycles. The Morgan fingerprint density at radius 1 is 1.50 bits per heavy atom. The smallest absolute Gasteiger partial charge is 0.310 e. The number of thiazole rings is 1. The van der Waals surface area contributed by atoms with Crippen molar-refractivity contribution < 1.29 is 18.7 Å². The summed E-state index contributed by atoms with van der Waals surface area (Å²) >= 11 is 1.25. The number of anilines is 1. The zero-order valence-electron chi connectivity index (χ0n) is 12.3. The molecule has 0 aliphatic carbocycles. The van der Waals surface area contributed by atoms with Gasteiger partial charge in [-0.2, -0.15) is 0 Å². The highest BCUT2D eigenvalue weighted by Gasteiger charge is 2.12. The molecule has 0 radical (unpaired) electrons. The van der Waals surface area contributed by atoms with Crippen LogP contribution in [0.25, 0.3) is 0 Å². The minimum absolute atomic E-state index is 0.0630. The number of furan rings is 1. The fraction of sp³-hybridized carbons (Fsp3) is 0.357. The molecule has 0 unspecified atom stereocenters. The third-order valence-electron chi connectivity index (χ3n) is 2.88. The van der Waals surface area contributed by atoms with Crippen molar-refractivity contribution in [2.24, 2.45) is 0 Å². The Morgan fingerprint density at radius 2 is 2.32 bits per heavy atom. The van der Waals surface area contributed by atoms with E-state index in [0.29, 0.717) is 5.13 Å². The Kier molecular flexibility index (Phi) is 5.68. The lowest BCUT2D eigenvalue weighted by Crippen LogP contribution is -2.29. The van der Waals surface area contributed by atoms with Gasteiger partial charge in [0.05, 0.1) is 32.4 Å². The van der Waals surface area contributed by atoms with Gasteiger partial charge in [-0.25, -0.2) is 4.98 Å². The van der Waals surface area contributed by atoms with Gasteiger partial charge >= 0.3 is 5.97 Å². The van der Waals surface area contributed by atoms with E-state index in [2.05, 4.69) is 20.4 Å². The number of carbonyl (C=O) groups excluding carboxylic acids is 2. The number of esters is 1. The molecule has 0 bridgehead atoms. The molecule has 2 N–H and O–H groups in total. The number of hydrogen-bond donors (Lipinski definition) is 2. The van der Waals surface area contributed by atoms with Crippen LogP contribution in [0.3, 0.4) is 0 Å². The van der Waals surface area contributed by atoms with Gasteiger partial charge < -0.3 is 14.5 Å². The number of nitrogens with one attached hydrogen (secondary N) is 2. The molecular weight excluding hydrogens is 306 g/mol. The molecule has 118 valence electrons. The van der Waals surface area contributed by atoms with E-state index in [0.717, 1.165) is 10.6 Å². The summed E-state index contributed by atoms with van der Waals surface area (Å²) in [5.41, 5.74) is 0. The van der Waals surface area contributed by atoms with Crippen molar-refractivity contribution in [1.29, 1.82) is 0 Å². The second kappa shape index (κ2) is 7.71. The monoisotopic (exact) mass is 323 g/mol. The number of ether oxygens (including phenoxy) is 1. The molecule has 1 atom stereocenters. The first-order valence-corrected chi connectivity index (χ1v) is 7.48. The number of methoxy groups -OCH3 is 1. The van der Waals surface area contributed by atoms with Gasteiger partial charge in [0.1, 0.15) is 5.76 Å². The van der Waals surface area contributed by atoms with E-state index in [4.69, 9.17) is 4.42 Å². The number of amides is 1. The van der Waals surface area contributed by atoms with Gasteiger partial charge in [-0.05, 0) is 19.1 Å². The number of rotatable bonds is 7. The summed E-state index contributed by atoms with van der Waals surface area (Å²) in [5.74, 6) is 0.218. The molecule has 22 heavy (non-hydrogen) atoms. The maximum Gasteiger partial charge on any atom is 0.310 e. The second-order valence-corrected chi connectivity index (χ2v) is 5.67. The molecule has 0 saturated carbocycles. The Balaban J connectivity index is 1.78. The highest BCUT2D eigenvalue weighted by molar-refractivity contribution is 7.15. The molecular formula is C14H17N3O4S. The van der Waals surface area contributed by atoms with Crippen molar-refractivity contribution in [3.8, 4) is 0 Å². The standard InChI is InChI=1S/C14H17N3O4S/c1-9(11-4-3-5-21-11)15-8-12(18)17-14-16-7-10(22-14)6-13(19)20-2/h3-5,7,9,15H,6,8H2,1-2H3,(H,16,17,18)/t9-/m1/s1. The van der Waals surface area contributed by atoms with Gasteiger partial charge in [0.15, 0.2) is 5.13 Å². The minimum atomic E-state index is -0.338. The average Bonchev–Trinajstić information content (AvgIpc) is 3.16. The first-order chi connectivity index (χ1) is 10.6. The van der Waals surface area contributed by atoms with Crippen LogP contribution in [0, 0.1) is 0 Å². The normalized spacial score (nSPS) is 11.9. The van der Waals surface area contributed by atoms with Crippen LogP contribution in [-0.4, -0.2) is 30.5 Å². The predicted molar refractivity (Wildman–Crippen MR) is 81.6 cm³/mol. The highest BCUT2D eigenvalue weighted by atomic mass is 32.1. The maximum atomic E-state index is 11.8. The SMILES string of the molecule is COC(=O)Cc1cnc(NC(=O)CN[C@H](C)c2ccco2)s1. The van der Waals surface area contributed by atoms with Crippen LogP contribution in [0.2, 0.25) is 0 Å². The summed E-state index contributed by atoms with van der Waals surface area (Å²) in [6.07, 6.45) is 3.29. The summed E-state index contributed by atoms with van der Waals surface area (Å²) in [6.45, 7) is 2.04. The molecule has 0 aliphatic heterocycles. The maximum absolute atomic E-state index is 11.8. The quantitative estimate of drug-likeness (QED) is 0.754. The molecule has 7 nitrogen and oxygen atoms in total. The Hall–Kier alpha value is -2.19. The van der Waals surface area contributed by atoms with E-state index in [1.54, 1.807) is 18.5 Å². The number of aromatic nitrogens is 1. The minimum Gasteiger partial charge on any atom is -0.469 e. The Labute approximate surface area is 131 Å². The molecule has 0 aliphatic rings. The molecule has 2 rings (SSSR count). The van der Waals surface area contributed by atoms with Crippen molar-refractivity contribution >= 4 is 28.3 Å². The Morgan fingerprint density at radius 3 is 3.00 bits per heavy atom. The van der Waals surface area contributed by atoms with Gasteiger partial charge in [0.25, 0.3) is 0 Å². The van der Waals surface area contributed by atoms with Crippen molar-refractivity contribution in [1.82, 2.24) is 10.3 Å². The predicted octanol–water partition coefficient (Wildman–Crippen LogP) is 1.74. The zero-order valence-corrected chi connectivity index (χ0v) is 13.1. The lowest BCUT2D eigenvalue weighted by atomic mass is 10.2. The summed E-state index contributed by atoms with van der Waals surface area (Å²) in [7, 11) is 1.33. The van der Waals surface area contributed by atoms with E-state index in [1.807, 2.05) is 13.0 Å². The molecule has 0 saturated heterocycles. The number of carbonyl (C=O) groups is 2. The van der Waals surface area contributed by atoms with Crippen LogP contribution in [0.15, 0.2) is 29.0 Å². The molecule has 2 aromatic rings. The van der Waals surface area contributed by atoms with E-state index >= 15 is 0 Å². The average molecular weight is 323 g/mol. The lowest BCUT2D eigenvalue weighted by molar-refractivity contribution is -0.139. The van der Waals surface area contributed by atoms with Crippen LogP contribution in [0.1, 0.15) is 23.6 Å². The number of hydrogen-bond acceptors (Lipinski definition) is 7. The highest BCUT2D eigenvalue weighted by Crippen LogP contribution is 2.18. The summed E-state index contributed by atoms with van der Waals surface area (Å²) in [6, 6.07) is 3.58. The molecule has 8 heteroatoms. The van der Waals surface area contributed by atoms with Crippen molar-refractivity contribution in [2.45, 2.75) is 19.4 Å². The van der Waals surface area contributed by atoms with Gasteiger partial charge in [0.2, 0.25) is 5.91 Å². The van der Waals surface area contributed by atoms with E-state index in [-0.39, 0.29) is 30.9 Å². The Bertz CT molecular complexity index is 624. The summed E-state index contributed by atoms with van der Waals surface area (Å²) in [5, 5.41) is 6.18. The first-order valence-electron chi connectivity index (χ1n) is 6.66. The largest absolute Gasteiger partial charge is 0.469 e. The second-order valence-electron chi connectivity index (χ2n) is 4.55. The molecule has 2 heterocycles. The lowest BCUT2D eigenvalue weighted by Gasteiger charge is -2.10. The topological polar surface area (TPSA) is 93.5 Å². The third-order valence-corrected chi connectivity index (χ3v) is 3.80. The third kappa shape index (κ3) is 4.68. The number of nitrogens with zero attached hydrogens (tertiary/aromatic N) is 1. The van der Waals surface area contributed by atoms with E-state index in [1.165, 1.54) is 18.4 Å². The molecule has 2 aromatic heterocycles. The summed E-state index contributed by atoms with van der Waals surface area (Å²) in [4.78, 5) is 27.8. The van der Waals surface area contributed by atoms with Crippen LogP contribution < -0.4 is 10.6 Å². The van der Waals surface area contributed by atoms with Crippen LogP contribution in [0.5, 0.6) is 0 Å². The zero-order chi connectivity index (χ0) is 15.9. The van der Waals surface area contributed by atoms with Gasteiger partial charge in [0, 0.05) is 11.1 Å². The van der Waals surface area contributed by atoms with Crippen molar-refractivity contribution in [2.75, 3.05) is 19.0 Å². The van der Waals surface area contributed by atoms with Gasteiger partial charge in [-0.1, -0.05) is 0 Å². The van der Waals surface area contributed by atoms with Gasteiger partial charge in [-0.15, -0.1) is 11.3 Å². The van der Waals surface area contributed by atoms with E-state index < -0.39 is 0 Å². The first kappa shape index (κ1) is 16.2. The van der Waals surface area contributed by atoms with Crippen LogP contribution in [-0.2, 0) is 20.7 Å². The van der Waals surface area contributed by atoms with Crippen molar-refractivity contribution in [3.63, 3.8) is 0 Å². The van der Waals surface area contributed by atoms with Crippen molar-refractivity contribution in [3.05, 3.63) is 35.2 Å². The fourth-order valence-electron chi connectivity index (χ4n) is 1.71. The van der Waals surface area contributed by atoms with Gasteiger partial charge in [-0.3, -0.25) is 14.9 Å². The van der Waals surface area contributed by atoms with E-state index in [9.17, 15) is 9.59 Å². The van der Waals surface area contributed by atoms with Crippen LogP contribution in [0.4, 0.5) is 5.13 Å².